The van der Waals surface area contributed by atoms with E-state index in [1.54, 1.807) is 6.07 Å². The van der Waals surface area contributed by atoms with Crippen molar-refractivity contribution >= 4 is 15.9 Å². The number of nitrogens with zero attached hydrogens (tertiary/aromatic N) is 1. The van der Waals surface area contributed by atoms with Crippen molar-refractivity contribution in [2.45, 2.75) is 45.2 Å². The summed E-state index contributed by atoms with van der Waals surface area (Å²) in [4.78, 5) is 2.31. The second kappa shape index (κ2) is 6.16. The largest absolute Gasteiger partial charge is 0.299 e. The van der Waals surface area contributed by atoms with E-state index in [1.807, 2.05) is 12.1 Å². The second-order valence-corrected chi connectivity index (χ2v) is 6.49. The van der Waals surface area contributed by atoms with Crippen molar-refractivity contribution < 1.29 is 4.39 Å². The molecule has 0 aliphatic heterocycles. The lowest BCUT2D eigenvalue weighted by Crippen LogP contribution is -2.35. The highest BCUT2D eigenvalue weighted by atomic mass is 79.9. The molecule has 0 amide bonds. The van der Waals surface area contributed by atoms with E-state index in [0.29, 0.717) is 12.6 Å². The Morgan fingerprint density at radius 2 is 2.17 bits per heavy atom. The highest BCUT2D eigenvalue weighted by Crippen LogP contribution is 2.28. The summed E-state index contributed by atoms with van der Waals surface area (Å²) < 4.78 is 14.6. The first kappa shape index (κ1) is 14.0. The quantitative estimate of drug-likeness (QED) is 0.788. The maximum absolute atomic E-state index is 13.8. The van der Waals surface area contributed by atoms with Gasteiger partial charge in [-0.25, -0.2) is 4.39 Å². The van der Waals surface area contributed by atoms with Crippen LogP contribution in [0.4, 0.5) is 4.39 Å². The van der Waals surface area contributed by atoms with Gasteiger partial charge in [0.15, 0.2) is 0 Å². The monoisotopic (exact) mass is 313 g/mol. The standard InChI is InChI=1S/C15H21BrFN/c1-11-4-3-5-14(8-11)18(2)10-12-6-7-13(16)9-15(12)17/h6-7,9,11,14H,3-5,8,10H2,1-2H3. The summed E-state index contributed by atoms with van der Waals surface area (Å²) in [7, 11) is 2.12. The van der Waals surface area contributed by atoms with Gasteiger partial charge in [0, 0.05) is 22.6 Å². The lowest BCUT2D eigenvalue weighted by atomic mass is 9.86. The summed E-state index contributed by atoms with van der Waals surface area (Å²) in [5.74, 6) is 0.695. The molecule has 1 saturated carbocycles. The van der Waals surface area contributed by atoms with Gasteiger partial charge in [-0.05, 0) is 37.9 Å². The van der Waals surface area contributed by atoms with Crippen LogP contribution in [0.3, 0.4) is 0 Å². The van der Waals surface area contributed by atoms with E-state index in [0.717, 1.165) is 16.0 Å². The lowest BCUT2D eigenvalue weighted by Gasteiger charge is -2.34. The molecule has 0 saturated heterocycles. The Hall–Kier alpha value is -0.410. The van der Waals surface area contributed by atoms with Crippen LogP contribution in [-0.2, 0) is 6.54 Å². The zero-order chi connectivity index (χ0) is 13.1. The maximum atomic E-state index is 13.8. The average molecular weight is 314 g/mol. The molecule has 1 aromatic rings. The third kappa shape index (κ3) is 3.55. The number of hydrogen-bond donors (Lipinski definition) is 0. The normalized spacial score (nSPS) is 24.5. The molecular formula is C15H21BrFN. The SMILES string of the molecule is CC1CCCC(N(C)Cc2ccc(Br)cc2F)C1. The van der Waals surface area contributed by atoms with E-state index in [2.05, 4.69) is 34.8 Å². The van der Waals surface area contributed by atoms with Crippen LogP contribution in [0.2, 0.25) is 0 Å². The fourth-order valence-corrected chi connectivity index (χ4v) is 3.18. The van der Waals surface area contributed by atoms with E-state index < -0.39 is 0 Å². The molecule has 1 aromatic carbocycles. The molecule has 0 N–H and O–H groups in total. The Labute approximate surface area is 118 Å². The van der Waals surface area contributed by atoms with Crippen LogP contribution in [0, 0.1) is 11.7 Å². The van der Waals surface area contributed by atoms with Gasteiger partial charge in [0.05, 0.1) is 0 Å². The third-order valence-electron chi connectivity index (χ3n) is 3.97. The van der Waals surface area contributed by atoms with Crippen LogP contribution in [0.15, 0.2) is 22.7 Å². The number of benzene rings is 1. The minimum absolute atomic E-state index is 0.111. The highest BCUT2D eigenvalue weighted by Gasteiger charge is 2.22. The Morgan fingerprint density at radius 3 is 2.83 bits per heavy atom. The molecule has 0 heterocycles. The molecule has 1 nitrogen and oxygen atoms in total. The minimum Gasteiger partial charge on any atom is -0.299 e. The average Bonchev–Trinajstić information content (AvgIpc) is 2.32. The molecule has 0 bridgehead atoms. The van der Waals surface area contributed by atoms with Crippen molar-refractivity contribution in [1.29, 1.82) is 0 Å². The number of rotatable bonds is 3. The molecule has 3 heteroatoms. The van der Waals surface area contributed by atoms with Crippen molar-refractivity contribution in [2.24, 2.45) is 5.92 Å². The molecular weight excluding hydrogens is 293 g/mol. The fraction of sp³-hybridized carbons (Fsp3) is 0.600. The van der Waals surface area contributed by atoms with Crippen molar-refractivity contribution in [1.82, 2.24) is 4.90 Å². The van der Waals surface area contributed by atoms with Gasteiger partial charge >= 0.3 is 0 Å². The molecule has 1 aliphatic rings. The first-order valence-corrected chi connectivity index (χ1v) is 7.49. The van der Waals surface area contributed by atoms with Gasteiger partial charge < -0.3 is 0 Å². The molecule has 0 aromatic heterocycles. The topological polar surface area (TPSA) is 3.24 Å². The first-order valence-electron chi connectivity index (χ1n) is 6.70. The predicted molar refractivity (Wildman–Crippen MR) is 77.0 cm³/mol. The zero-order valence-corrected chi connectivity index (χ0v) is 12.7. The first-order chi connectivity index (χ1) is 8.56. The van der Waals surface area contributed by atoms with Gasteiger partial charge in [0.25, 0.3) is 0 Å². The molecule has 100 valence electrons. The number of halogens is 2. The fourth-order valence-electron chi connectivity index (χ4n) is 2.85. The van der Waals surface area contributed by atoms with Crippen LogP contribution in [0.1, 0.15) is 38.2 Å². The maximum Gasteiger partial charge on any atom is 0.128 e. The number of hydrogen-bond acceptors (Lipinski definition) is 1. The molecule has 2 unspecified atom stereocenters. The van der Waals surface area contributed by atoms with E-state index in [9.17, 15) is 4.39 Å². The summed E-state index contributed by atoms with van der Waals surface area (Å²) in [6.45, 7) is 3.02. The van der Waals surface area contributed by atoms with Crippen LogP contribution in [-0.4, -0.2) is 18.0 Å². The van der Waals surface area contributed by atoms with E-state index in [1.165, 1.54) is 25.7 Å². The highest BCUT2D eigenvalue weighted by molar-refractivity contribution is 9.10. The molecule has 0 spiro atoms. The molecule has 18 heavy (non-hydrogen) atoms. The van der Waals surface area contributed by atoms with Crippen LogP contribution in [0.25, 0.3) is 0 Å². The molecule has 0 radical (unpaired) electrons. The molecule has 1 fully saturated rings. The Morgan fingerprint density at radius 1 is 1.39 bits per heavy atom. The predicted octanol–water partition coefficient (Wildman–Crippen LogP) is 4.60. The second-order valence-electron chi connectivity index (χ2n) is 5.58. The van der Waals surface area contributed by atoms with Crippen LogP contribution >= 0.6 is 15.9 Å². The van der Waals surface area contributed by atoms with Crippen molar-refractivity contribution in [2.75, 3.05) is 7.05 Å². The smallest absolute Gasteiger partial charge is 0.128 e. The van der Waals surface area contributed by atoms with Crippen LogP contribution in [0.5, 0.6) is 0 Å². The molecule has 2 rings (SSSR count). The van der Waals surface area contributed by atoms with Gasteiger partial charge in [-0.1, -0.05) is 41.8 Å². The summed E-state index contributed by atoms with van der Waals surface area (Å²) in [6, 6.07) is 5.95. The summed E-state index contributed by atoms with van der Waals surface area (Å²) in [5.41, 5.74) is 0.791. The van der Waals surface area contributed by atoms with E-state index in [-0.39, 0.29) is 5.82 Å². The Bertz CT molecular complexity index is 407. The summed E-state index contributed by atoms with van der Waals surface area (Å²) in [6.07, 6.45) is 5.14. The van der Waals surface area contributed by atoms with Crippen LogP contribution < -0.4 is 0 Å². The van der Waals surface area contributed by atoms with Gasteiger partial charge in [-0.2, -0.15) is 0 Å². The molecule has 1 aliphatic carbocycles. The van der Waals surface area contributed by atoms with E-state index in [4.69, 9.17) is 0 Å². The van der Waals surface area contributed by atoms with Gasteiger partial charge in [-0.15, -0.1) is 0 Å². The molecule has 2 atom stereocenters. The summed E-state index contributed by atoms with van der Waals surface area (Å²) in [5, 5.41) is 0. The summed E-state index contributed by atoms with van der Waals surface area (Å²) >= 11 is 3.29. The Balaban J connectivity index is 1.99. The van der Waals surface area contributed by atoms with E-state index >= 15 is 0 Å². The van der Waals surface area contributed by atoms with Crippen molar-refractivity contribution in [3.8, 4) is 0 Å². The lowest BCUT2D eigenvalue weighted by molar-refractivity contribution is 0.156. The van der Waals surface area contributed by atoms with Crippen molar-refractivity contribution in [3.05, 3.63) is 34.1 Å². The van der Waals surface area contributed by atoms with Gasteiger partial charge in [0.2, 0.25) is 0 Å². The van der Waals surface area contributed by atoms with Gasteiger partial charge in [-0.3, -0.25) is 4.90 Å². The minimum atomic E-state index is -0.111. The zero-order valence-electron chi connectivity index (χ0n) is 11.1. The third-order valence-corrected chi connectivity index (χ3v) is 4.46. The van der Waals surface area contributed by atoms with Crippen molar-refractivity contribution in [3.63, 3.8) is 0 Å². The van der Waals surface area contributed by atoms with Gasteiger partial charge in [0.1, 0.15) is 5.82 Å². The Kier molecular flexibility index (Phi) is 4.79.